The van der Waals surface area contributed by atoms with Crippen molar-refractivity contribution >= 4 is 67.6 Å². The first-order valence-electron chi connectivity index (χ1n) is 10.3. The largest absolute Gasteiger partial charge is 0.497 e. The van der Waals surface area contributed by atoms with Gasteiger partial charge in [0.2, 0.25) is 0 Å². The van der Waals surface area contributed by atoms with E-state index in [1.54, 1.807) is 31.3 Å². The van der Waals surface area contributed by atoms with Crippen LogP contribution >= 0.6 is 35.2 Å². The molecule has 34 heavy (non-hydrogen) atoms. The average molecular weight is 521 g/mol. The summed E-state index contributed by atoms with van der Waals surface area (Å²) in [5.41, 5.74) is 0.707. The normalized spacial score (nSPS) is 13.6. The van der Waals surface area contributed by atoms with Crippen molar-refractivity contribution in [3.8, 4) is 11.5 Å². The van der Waals surface area contributed by atoms with Crippen molar-refractivity contribution in [2.24, 2.45) is 0 Å². The highest BCUT2D eigenvalue weighted by atomic mass is 35.5. The molecule has 1 aliphatic rings. The molecule has 0 radical (unpaired) electrons. The van der Waals surface area contributed by atoms with Crippen LogP contribution in [0.2, 0.25) is 5.02 Å². The molecule has 1 saturated heterocycles. The van der Waals surface area contributed by atoms with Gasteiger partial charge in [-0.2, -0.15) is 0 Å². The van der Waals surface area contributed by atoms with Crippen molar-refractivity contribution in [3.05, 3.63) is 56.4 Å². The van der Waals surface area contributed by atoms with E-state index in [4.69, 9.17) is 33.3 Å². The summed E-state index contributed by atoms with van der Waals surface area (Å²) in [6.07, 6.45) is 0. The lowest BCUT2D eigenvalue weighted by Gasteiger charge is -2.36. The minimum absolute atomic E-state index is 0.0345. The highest BCUT2D eigenvalue weighted by Crippen LogP contribution is 2.38. The number of anilines is 1. The Kier molecular flexibility index (Phi) is 7.05. The summed E-state index contributed by atoms with van der Waals surface area (Å²) in [4.78, 5) is 27.8. The highest BCUT2D eigenvalue weighted by molar-refractivity contribution is 7.80. The van der Waals surface area contributed by atoms with Crippen LogP contribution < -0.4 is 14.8 Å². The molecular weight excluding hydrogens is 500 g/mol. The summed E-state index contributed by atoms with van der Waals surface area (Å²) in [7, 11) is 3.16. The van der Waals surface area contributed by atoms with E-state index in [0.29, 0.717) is 62.8 Å². The zero-order chi connectivity index (χ0) is 24.4. The second-order valence-corrected chi connectivity index (χ2v) is 9.31. The number of nitrogens with one attached hydrogen (secondary N) is 1. The predicted molar refractivity (Wildman–Crippen MR) is 137 cm³/mol. The van der Waals surface area contributed by atoms with Crippen LogP contribution in [0, 0.1) is 10.1 Å². The number of ether oxygens (including phenoxy) is 2. The number of carbonyl (C=O) groups excluding carboxylic acids is 1. The van der Waals surface area contributed by atoms with Crippen LogP contribution in [0.4, 0.5) is 11.4 Å². The number of nitrogens with zero attached hydrogens (tertiary/aromatic N) is 3. The van der Waals surface area contributed by atoms with E-state index in [2.05, 4.69) is 5.32 Å². The van der Waals surface area contributed by atoms with Crippen molar-refractivity contribution in [2.45, 2.75) is 0 Å². The highest BCUT2D eigenvalue weighted by Gasteiger charge is 2.27. The molecule has 1 N–H and O–H groups in total. The fraction of sp³-hybridized carbons (Fsp3) is 0.273. The second kappa shape index (κ2) is 10.00. The maximum absolute atomic E-state index is 13.1. The number of benzene rings is 2. The van der Waals surface area contributed by atoms with E-state index in [0.717, 1.165) is 5.69 Å². The van der Waals surface area contributed by atoms with Crippen LogP contribution in [0.15, 0.2) is 36.4 Å². The van der Waals surface area contributed by atoms with Gasteiger partial charge in [-0.25, -0.2) is 0 Å². The number of carbonyl (C=O) groups is 1. The minimum atomic E-state index is -0.466. The Morgan fingerprint density at radius 2 is 1.71 bits per heavy atom. The number of nitro groups is 1. The molecule has 4 rings (SSSR count). The van der Waals surface area contributed by atoms with E-state index >= 15 is 0 Å². The monoisotopic (exact) mass is 520 g/mol. The Balaban J connectivity index is 1.42. The molecule has 1 fully saturated rings. The van der Waals surface area contributed by atoms with Gasteiger partial charge >= 0.3 is 0 Å². The van der Waals surface area contributed by atoms with Crippen molar-refractivity contribution < 1.29 is 19.2 Å². The number of methoxy groups -OCH3 is 2. The van der Waals surface area contributed by atoms with Gasteiger partial charge in [0, 0.05) is 72.3 Å². The average Bonchev–Trinajstić information content (AvgIpc) is 3.18. The molecule has 0 saturated carbocycles. The standard InChI is InChI=1S/C22H21ClN4O5S2/c1-31-15-9-13(10-16(12-15)32-2)24-22(33)26-7-5-25(6-8-26)21(28)20-19(23)17-4-3-14(27(29)30)11-18(17)34-20/h3-4,9-12H,5-8H2,1-2H3,(H,24,33). The van der Waals surface area contributed by atoms with Gasteiger partial charge in [0.15, 0.2) is 5.11 Å². The van der Waals surface area contributed by atoms with Gasteiger partial charge in [0.1, 0.15) is 16.4 Å². The van der Waals surface area contributed by atoms with E-state index in [-0.39, 0.29) is 11.6 Å². The number of rotatable bonds is 5. The smallest absolute Gasteiger partial charge is 0.270 e. The maximum Gasteiger partial charge on any atom is 0.270 e. The van der Waals surface area contributed by atoms with Gasteiger partial charge in [-0.15, -0.1) is 11.3 Å². The zero-order valence-corrected chi connectivity index (χ0v) is 20.8. The SMILES string of the molecule is COc1cc(NC(=S)N2CCN(C(=O)c3sc4cc([N+](=O)[O-])ccc4c3Cl)CC2)cc(OC)c1. The third kappa shape index (κ3) is 4.86. The molecule has 2 aromatic carbocycles. The molecule has 178 valence electrons. The first-order valence-corrected chi connectivity index (χ1v) is 11.9. The van der Waals surface area contributed by atoms with Crippen LogP contribution in [0.3, 0.4) is 0 Å². The van der Waals surface area contributed by atoms with Crippen LogP contribution in [-0.4, -0.2) is 66.1 Å². The number of thiocarbonyl (C=S) groups is 1. The first-order chi connectivity index (χ1) is 16.3. The summed E-state index contributed by atoms with van der Waals surface area (Å²) >= 11 is 13.2. The molecule has 0 spiro atoms. The number of hydrogen-bond donors (Lipinski definition) is 1. The van der Waals surface area contributed by atoms with Crippen molar-refractivity contribution in [2.75, 3.05) is 45.7 Å². The number of halogens is 1. The summed E-state index contributed by atoms with van der Waals surface area (Å²) < 4.78 is 11.2. The molecule has 0 atom stereocenters. The summed E-state index contributed by atoms with van der Waals surface area (Å²) in [6.45, 7) is 2.03. The molecule has 1 aliphatic heterocycles. The molecular formula is C22H21ClN4O5S2. The fourth-order valence-electron chi connectivity index (χ4n) is 3.64. The molecule has 9 nitrogen and oxygen atoms in total. The molecule has 0 bridgehead atoms. The Labute approximate surface area is 209 Å². The number of hydrogen-bond acceptors (Lipinski definition) is 7. The molecule has 12 heteroatoms. The number of amides is 1. The lowest BCUT2D eigenvalue weighted by atomic mass is 10.2. The van der Waals surface area contributed by atoms with Gasteiger partial charge in [0.25, 0.3) is 11.6 Å². The van der Waals surface area contributed by atoms with Gasteiger partial charge in [-0.05, 0) is 18.3 Å². The van der Waals surface area contributed by atoms with E-state index in [9.17, 15) is 14.9 Å². The Morgan fingerprint density at radius 1 is 1.09 bits per heavy atom. The lowest BCUT2D eigenvalue weighted by molar-refractivity contribution is -0.384. The van der Waals surface area contributed by atoms with E-state index in [1.807, 2.05) is 17.0 Å². The Hall–Kier alpha value is -3.15. The number of nitro benzene ring substituents is 1. The van der Waals surface area contributed by atoms with E-state index in [1.165, 1.54) is 23.5 Å². The third-order valence-electron chi connectivity index (χ3n) is 5.47. The Morgan fingerprint density at radius 3 is 2.29 bits per heavy atom. The van der Waals surface area contributed by atoms with Crippen molar-refractivity contribution in [3.63, 3.8) is 0 Å². The van der Waals surface area contributed by atoms with Gasteiger partial charge in [-0.1, -0.05) is 11.6 Å². The molecule has 1 aromatic heterocycles. The number of thiophene rings is 1. The van der Waals surface area contributed by atoms with Crippen LogP contribution in [0.25, 0.3) is 10.1 Å². The number of fused-ring (bicyclic) bond motifs is 1. The van der Waals surface area contributed by atoms with Crippen molar-refractivity contribution in [1.82, 2.24) is 9.80 Å². The summed E-state index contributed by atoms with van der Waals surface area (Å²) in [5, 5.41) is 15.7. The third-order valence-corrected chi connectivity index (χ3v) is 7.48. The maximum atomic E-state index is 13.1. The Bertz CT molecular complexity index is 1250. The van der Waals surface area contributed by atoms with Gasteiger partial charge in [0.05, 0.1) is 24.2 Å². The molecule has 3 aromatic rings. The second-order valence-electron chi connectivity index (χ2n) is 7.49. The molecule has 0 unspecified atom stereocenters. The van der Waals surface area contributed by atoms with Crippen LogP contribution in [0.1, 0.15) is 9.67 Å². The lowest BCUT2D eigenvalue weighted by Crippen LogP contribution is -2.51. The number of piperazine rings is 1. The van der Waals surface area contributed by atoms with Crippen LogP contribution in [0.5, 0.6) is 11.5 Å². The molecule has 1 amide bonds. The fourth-order valence-corrected chi connectivity index (χ4v) is 5.46. The minimum Gasteiger partial charge on any atom is -0.497 e. The first kappa shape index (κ1) is 24.0. The van der Waals surface area contributed by atoms with Gasteiger partial charge < -0.3 is 24.6 Å². The van der Waals surface area contributed by atoms with E-state index < -0.39 is 4.92 Å². The zero-order valence-electron chi connectivity index (χ0n) is 18.4. The quantitative estimate of drug-likeness (QED) is 0.295. The topological polar surface area (TPSA) is 97.2 Å². The molecule has 0 aliphatic carbocycles. The van der Waals surface area contributed by atoms with Crippen molar-refractivity contribution in [1.29, 1.82) is 0 Å². The summed E-state index contributed by atoms with van der Waals surface area (Å²) in [6, 6.07) is 9.83. The summed E-state index contributed by atoms with van der Waals surface area (Å²) in [5.74, 6) is 1.10. The number of non-ortho nitro benzene ring substituents is 1. The predicted octanol–water partition coefficient (Wildman–Crippen LogP) is 4.63. The molecule has 2 heterocycles. The van der Waals surface area contributed by atoms with Gasteiger partial charge in [-0.3, -0.25) is 14.9 Å². The van der Waals surface area contributed by atoms with Crippen LogP contribution in [-0.2, 0) is 0 Å².